The number of halogens is 1. The maximum Gasteiger partial charge on any atom is 0.365 e. The van der Waals surface area contributed by atoms with E-state index < -0.39 is 5.54 Å². The van der Waals surface area contributed by atoms with E-state index in [0.29, 0.717) is 18.8 Å². The van der Waals surface area contributed by atoms with Crippen molar-refractivity contribution in [1.29, 1.82) is 0 Å². The summed E-state index contributed by atoms with van der Waals surface area (Å²) in [6.07, 6.45) is 0.648. The summed E-state index contributed by atoms with van der Waals surface area (Å²) >= 11 is 5.82. The number of aryl methyl sites for hydroxylation is 1. The van der Waals surface area contributed by atoms with E-state index in [9.17, 15) is 4.79 Å². The largest absolute Gasteiger partial charge is 0.365 e. The number of benzene rings is 3. The van der Waals surface area contributed by atoms with Crippen LogP contribution in [-0.2, 0) is 12.1 Å². The number of alkyl halides is 1. The van der Waals surface area contributed by atoms with E-state index in [1.54, 1.807) is 0 Å². The summed E-state index contributed by atoms with van der Waals surface area (Å²) in [6.45, 7) is 0.427. The third-order valence-corrected chi connectivity index (χ3v) is 5.30. The average Bonchev–Trinajstić information content (AvgIpc) is 3.16. The van der Waals surface area contributed by atoms with Crippen molar-refractivity contribution in [3.8, 4) is 0 Å². The van der Waals surface area contributed by atoms with Crippen LogP contribution in [-0.4, -0.2) is 25.7 Å². The van der Waals surface area contributed by atoms with Crippen LogP contribution in [0.4, 0.5) is 0 Å². The molecule has 0 unspecified atom stereocenters. The van der Waals surface area contributed by atoms with Crippen LogP contribution in [0.3, 0.4) is 0 Å². The van der Waals surface area contributed by atoms with Crippen LogP contribution in [0.5, 0.6) is 0 Å². The monoisotopic (exact) mass is 404 g/mol. The molecular weight excluding hydrogens is 384 g/mol. The molecule has 3 aromatic carbocycles. The lowest BCUT2D eigenvalue weighted by atomic mass is 9.77. The van der Waals surface area contributed by atoms with E-state index in [0.717, 1.165) is 16.7 Å². The molecule has 5 nitrogen and oxygen atoms in total. The Kier molecular flexibility index (Phi) is 5.58. The zero-order valence-corrected chi connectivity index (χ0v) is 16.6. The number of tetrazole rings is 1. The van der Waals surface area contributed by atoms with Crippen LogP contribution in [0.25, 0.3) is 0 Å². The number of aromatic nitrogens is 4. The summed E-state index contributed by atoms with van der Waals surface area (Å²) in [4.78, 5) is 13.4. The van der Waals surface area contributed by atoms with E-state index in [1.807, 2.05) is 91.0 Å². The van der Waals surface area contributed by atoms with Crippen LogP contribution >= 0.6 is 11.6 Å². The van der Waals surface area contributed by atoms with Gasteiger partial charge < -0.3 is 0 Å². The van der Waals surface area contributed by atoms with Crippen molar-refractivity contribution in [2.24, 2.45) is 0 Å². The van der Waals surface area contributed by atoms with Gasteiger partial charge in [-0.1, -0.05) is 91.0 Å². The van der Waals surface area contributed by atoms with Gasteiger partial charge in [0.15, 0.2) is 0 Å². The molecule has 146 valence electrons. The first-order chi connectivity index (χ1) is 14.3. The fourth-order valence-corrected chi connectivity index (χ4v) is 3.86. The minimum atomic E-state index is -0.944. The summed E-state index contributed by atoms with van der Waals surface area (Å²) < 4.78 is 2.87. The highest BCUT2D eigenvalue weighted by atomic mass is 35.5. The third kappa shape index (κ3) is 3.38. The molecule has 0 atom stereocenters. The highest BCUT2D eigenvalue weighted by Gasteiger charge is 2.41. The SMILES string of the molecule is O=c1n(CCCCl)nnn1C(c1ccccc1)(c1ccccc1)c1ccccc1. The molecular formula is C23H21ClN4O. The quantitative estimate of drug-likeness (QED) is 0.346. The average molecular weight is 405 g/mol. The molecule has 1 heterocycles. The molecule has 29 heavy (non-hydrogen) atoms. The second-order valence-electron chi connectivity index (χ2n) is 6.75. The van der Waals surface area contributed by atoms with Gasteiger partial charge in [0.2, 0.25) is 0 Å². The second-order valence-corrected chi connectivity index (χ2v) is 7.13. The van der Waals surface area contributed by atoms with Crippen molar-refractivity contribution in [2.75, 3.05) is 5.88 Å². The Bertz CT molecular complexity index is 1010. The van der Waals surface area contributed by atoms with Gasteiger partial charge in [0.05, 0.1) is 0 Å². The highest BCUT2D eigenvalue weighted by Crippen LogP contribution is 2.39. The van der Waals surface area contributed by atoms with Crippen LogP contribution in [0, 0.1) is 0 Å². The molecule has 0 aliphatic heterocycles. The maximum absolute atomic E-state index is 13.4. The van der Waals surface area contributed by atoms with E-state index in [-0.39, 0.29) is 5.69 Å². The molecule has 0 amide bonds. The highest BCUT2D eigenvalue weighted by molar-refractivity contribution is 6.17. The zero-order chi connectivity index (χ0) is 20.1. The molecule has 0 fully saturated rings. The Hall–Kier alpha value is -3.18. The van der Waals surface area contributed by atoms with E-state index in [2.05, 4.69) is 10.4 Å². The molecule has 4 aromatic rings. The van der Waals surface area contributed by atoms with Crippen molar-refractivity contribution in [2.45, 2.75) is 18.5 Å². The summed E-state index contributed by atoms with van der Waals surface area (Å²) in [6, 6.07) is 29.8. The van der Waals surface area contributed by atoms with Gasteiger partial charge in [-0.25, -0.2) is 4.79 Å². The van der Waals surface area contributed by atoms with Gasteiger partial charge in [0.1, 0.15) is 5.54 Å². The first-order valence-electron chi connectivity index (χ1n) is 9.54. The number of hydrogen-bond acceptors (Lipinski definition) is 3. The van der Waals surface area contributed by atoms with Gasteiger partial charge in [-0.3, -0.25) is 0 Å². The topological polar surface area (TPSA) is 52.7 Å². The number of hydrogen-bond donors (Lipinski definition) is 0. The van der Waals surface area contributed by atoms with Crippen molar-refractivity contribution in [1.82, 2.24) is 19.8 Å². The van der Waals surface area contributed by atoms with Crippen LogP contribution in [0.2, 0.25) is 0 Å². The zero-order valence-electron chi connectivity index (χ0n) is 15.9. The Balaban J connectivity index is 2.07. The molecule has 4 rings (SSSR count). The molecule has 0 aliphatic carbocycles. The van der Waals surface area contributed by atoms with Gasteiger partial charge in [-0.05, 0) is 33.5 Å². The maximum atomic E-state index is 13.4. The normalized spacial score (nSPS) is 11.5. The van der Waals surface area contributed by atoms with E-state index in [1.165, 1.54) is 9.36 Å². The van der Waals surface area contributed by atoms with Gasteiger partial charge in [-0.15, -0.1) is 11.6 Å². The Labute approximate surface area is 174 Å². The first kappa shape index (κ1) is 19.2. The van der Waals surface area contributed by atoms with E-state index >= 15 is 0 Å². The molecule has 0 saturated carbocycles. The van der Waals surface area contributed by atoms with Crippen molar-refractivity contribution in [3.63, 3.8) is 0 Å². The first-order valence-corrected chi connectivity index (χ1v) is 10.1. The minimum Gasteiger partial charge on any atom is -0.244 e. The van der Waals surface area contributed by atoms with Crippen molar-refractivity contribution >= 4 is 11.6 Å². The predicted molar refractivity (Wildman–Crippen MR) is 114 cm³/mol. The summed E-state index contributed by atoms with van der Waals surface area (Å²) in [5.41, 5.74) is 1.59. The Morgan fingerprint density at radius 1 is 0.724 bits per heavy atom. The molecule has 0 bridgehead atoms. The minimum absolute atomic E-state index is 0.272. The van der Waals surface area contributed by atoms with Crippen LogP contribution < -0.4 is 5.69 Å². The second kappa shape index (κ2) is 8.45. The third-order valence-electron chi connectivity index (χ3n) is 5.04. The van der Waals surface area contributed by atoms with Gasteiger partial charge in [-0.2, -0.15) is 9.36 Å². The van der Waals surface area contributed by atoms with Crippen LogP contribution in [0.15, 0.2) is 95.8 Å². The Morgan fingerprint density at radius 3 is 1.59 bits per heavy atom. The fourth-order valence-electron chi connectivity index (χ4n) is 3.74. The fraction of sp³-hybridized carbons (Fsp3) is 0.174. The molecule has 0 N–H and O–H groups in total. The smallest absolute Gasteiger partial charge is 0.244 e. The molecule has 0 aliphatic rings. The molecule has 1 aromatic heterocycles. The molecule has 6 heteroatoms. The molecule has 0 saturated heterocycles. The lowest BCUT2D eigenvalue weighted by Gasteiger charge is -2.34. The van der Waals surface area contributed by atoms with Gasteiger partial charge >= 0.3 is 5.69 Å². The number of nitrogens with zero attached hydrogens (tertiary/aromatic N) is 4. The summed E-state index contributed by atoms with van der Waals surface area (Å²) in [5, 5.41) is 8.50. The molecule has 0 spiro atoms. The summed E-state index contributed by atoms with van der Waals surface area (Å²) in [5.74, 6) is 0.459. The molecule has 0 radical (unpaired) electrons. The standard InChI is InChI=1S/C23H21ClN4O/c24-17-10-18-27-22(29)28(26-25-27)23(19-11-4-1-5-12-19,20-13-6-2-7-14-20)21-15-8-3-9-16-21/h1-9,11-16H,10,17-18H2. The van der Waals surface area contributed by atoms with E-state index in [4.69, 9.17) is 11.6 Å². The van der Waals surface area contributed by atoms with Gasteiger partial charge in [0.25, 0.3) is 0 Å². The predicted octanol–water partition coefficient (Wildman–Crippen LogP) is 3.91. The van der Waals surface area contributed by atoms with Crippen LogP contribution in [0.1, 0.15) is 23.1 Å². The Morgan fingerprint density at radius 2 is 1.17 bits per heavy atom. The lowest BCUT2D eigenvalue weighted by molar-refractivity contribution is 0.433. The van der Waals surface area contributed by atoms with Crippen molar-refractivity contribution in [3.05, 3.63) is 118 Å². The number of rotatable bonds is 7. The van der Waals surface area contributed by atoms with Crippen molar-refractivity contribution < 1.29 is 0 Å². The summed E-state index contributed by atoms with van der Waals surface area (Å²) in [7, 11) is 0. The van der Waals surface area contributed by atoms with Gasteiger partial charge in [0, 0.05) is 12.4 Å². The lowest BCUT2D eigenvalue weighted by Crippen LogP contribution is -2.45.